The van der Waals surface area contributed by atoms with Gasteiger partial charge in [0.25, 0.3) is 5.91 Å². The fourth-order valence-electron chi connectivity index (χ4n) is 4.03. The van der Waals surface area contributed by atoms with Gasteiger partial charge in [0.15, 0.2) is 0 Å². The molecule has 1 amide bonds. The molecular formula is C23H34FN3O2. The summed E-state index contributed by atoms with van der Waals surface area (Å²) in [5.74, 6) is 1.01. The minimum atomic E-state index is -1.20. The summed E-state index contributed by atoms with van der Waals surface area (Å²) in [5.41, 5.74) is 0.787. The molecule has 0 radical (unpaired) electrons. The number of nitrogens with one attached hydrogen (secondary N) is 2. The lowest BCUT2D eigenvalue weighted by Crippen LogP contribution is -2.33. The quantitative estimate of drug-likeness (QED) is 0.753. The average molecular weight is 404 g/mol. The van der Waals surface area contributed by atoms with E-state index in [4.69, 9.17) is 4.74 Å². The number of ether oxygens (including phenoxy) is 1. The molecule has 3 aliphatic rings. The van der Waals surface area contributed by atoms with Crippen LogP contribution in [0.2, 0.25) is 0 Å². The molecule has 6 heteroatoms. The first-order valence-corrected chi connectivity index (χ1v) is 10.5. The Labute approximate surface area is 174 Å². The number of aromatic nitrogens is 1. The Morgan fingerprint density at radius 2 is 2.14 bits per heavy atom. The van der Waals surface area contributed by atoms with Gasteiger partial charge in [-0.25, -0.2) is 9.37 Å². The van der Waals surface area contributed by atoms with Crippen LogP contribution in [0.4, 0.5) is 10.2 Å². The molecule has 1 aliphatic heterocycles. The summed E-state index contributed by atoms with van der Waals surface area (Å²) >= 11 is 0. The lowest BCUT2D eigenvalue weighted by atomic mass is 9.84. The van der Waals surface area contributed by atoms with E-state index in [1.807, 2.05) is 18.2 Å². The molecule has 2 fully saturated rings. The van der Waals surface area contributed by atoms with E-state index in [-0.39, 0.29) is 20.1 Å². The van der Waals surface area contributed by atoms with Crippen LogP contribution in [0, 0.1) is 11.8 Å². The molecule has 29 heavy (non-hydrogen) atoms. The van der Waals surface area contributed by atoms with Gasteiger partial charge in [-0.2, -0.15) is 0 Å². The molecule has 0 bridgehead atoms. The van der Waals surface area contributed by atoms with Crippen LogP contribution in [0.25, 0.3) is 0 Å². The maximum Gasteiger partial charge on any atom is 0.253 e. The van der Waals surface area contributed by atoms with Gasteiger partial charge in [0.2, 0.25) is 0 Å². The number of alkyl halides is 1. The Morgan fingerprint density at radius 3 is 2.83 bits per heavy atom. The fourth-order valence-corrected chi connectivity index (χ4v) is 4.03. The number of fused-ring (bicyclic) bond motifs is 1. The molecular weight excluding hydrogens is 369 g/mol. The van der Waals surface area contributed by atoms with Crippen molar-refractivity contribution in [2.45, 2.75) is 51.1 Å². The molecule has 5 nitrogen and oxygen atoms in total. The van der Waals surface area contributed by atoms with E-state index >= 15 is 0 Å². The monoisotopic (exact) mass is 403 g/mol. The molecule has 160 valence electrons. The van der Waals surface area contributed by atoms with Crippen molar-refractivity contribution in [3.63, 3.8) is 0 Å². The van der Waals surface area contributed by atoms with E-state index in [2.05, 4.69) is 36.4 Å². The van der Waals surface area contributed by atoms with Gasteiger partial charge >= 0.3 is 0 Å². The Bertz CT molecular complexity index is 863. The molecule has 1 aromatic rings. The Balaban J connectivity index is 0.00000171. The number of rotatable bonds is 5. The van der Waals surface area contributed by atoms with Gasteiger partial charge in [-0.15, -0.1) is 0 Å². The van der Waals surface area contributed by atoms with E-state index < -0.39 is 5.67 Å². The minimum Gasteiger partial charge on any atom is -0.381 e. The van der Waals surface area contributed by atoms with Crippen molar-refractivity contribution in [2.24, 2.45) is 11.8 Å². The van der Waals surface area contributed by atoms with Crippen LogP contribution in [0.3, 0.4) is 0 Å². The highest BCUT2D eigenvalue weighted by atomic mass is 19.1. The van der Waals surface area contributed by atoms with Gasteiger partial charge in [0.05, 0.1) is 5.56 Å². The number of amides is 1. The van der Waals surface area contributed by atoms with Gasteiger partial charge in [-0.1, -0.05) is 26.8 Å². The van der Waals surface area contributed by atoms with Crippen LogP contribution in [0.5, 0.6) is 0 Å². The molecule has 2 N–H and O–H groups in total. The van der Waals surface area contributed by atoms with E-state index in [0.717, 1.165) is 31.6 Å². The normalized spacial score (nSPS) is 26.5. The molecule has 1 aromatic heterocycles. The lowest BCUT2D eigenvalue weighted by Gasteiger charge is -2.25. The van der Waals surface area contributed by atoms with E-state index in [9.17, 15) is 9.18 Å². The molecule has 0 spiro atoms. The van der Waals surface area contributed by atoms with Crippen molar-refractivity contribution < 1.29 is 16.8 Å². The number of hydrogen-bond acceptors (Lipinski definition) is 4. The number of carbonyl (C=O) groups is 1. The summed E-state index contributed by atoms with van der Waals surface area (Å²) in [4.78, 5) is 17.3. The zero-order chi connectivity index (χ0) is 20.6. The first-order valence-electron chi connectivity index (χ1n) is 10.5. The van der Waals surface area contributed by atoms with Crippen molar-refractivity contribution in [1.29, 1.82) is 0 Å². The average Bonchev–Trinajstić information content (AvgIpc) is 3.36. The van der Waals surface area contributed by atoms with Crippen molar-refractivity contribution >= 4 is 11.7 Å². The van der Waals surface area contributed by atoms with Crippen LogP contribution in [-0.2, 0) is 10.2 Å². The third kappa shape index (κ3) is 4.53. The van der Waals surface area contributed by atoms with E-state index in [1.165, 1.54) is 0 Å². The minimum absolute atomic E-state index is 0. The number of carbonyl (C=O) groups excluding carboxylic acids is 1. The molecule has 2 heterocycles. The molecule has 4 rings (SSSR count). The highest BCUT2D eigenvalue weighted by Gasteiger charge is 2.53. The Morgan fingerprint density at radius 1 is 1.38 bits per heavy atom. The largest absolute Gasteiger partial charge is 0.381 e. The van der Waals surface area contributed by atoms with Crippen LogP contribution in [0.15, 0.2) is 36.2 Å². The first kappa shape index (κ1) is 20.1. The smallest absolute Gasteiger partial charge is 0.253 e. The van der Waals surface area contributed by atoms with Crippen LogP contribution in [-0.4, -0.2) is 36.3 Å². The molecule has 2 unspecified atom stereocenters. The van der Waals surface area contributed by atoms with Gasteiger partial charge in [-0.3, -0.25) is 4.79 Å². The molecule has 0 aromatic carbocycles. The summed E-state index contributed by atoms with van der Waals surface area (Å²) < 4.78 is 19.7. The highest BCUT2D eigenvalue weighted by molar-refractivity contribution is 5.96. The van der Waals surface area contributed by atoms with Crippen molar-refractivity contribution in [1.82, 2.24) is 10.3 Å². The van der Waals surface area contributed by atoms with Crippen LogP contribution >= 0.6 is 0 Å². The second-order valence-electron chi connectivity index (χ2n) is 9.45. The fraction of sp³-hybridized carbons (Fsp3) is 0.565. The Kier molecular flexibility index (Phi) is 5.23. The maximum absolute atomic E-state index is 14.3. The van der Waals surface area contributed by atoms with Gasteiger partial charge < -0.3 is 15.4 Å². The van der Waals surface area contributed by atoms with Crippen molar-refractivity contribution in [2.75, 3.05) is 25.1 Å². The summed E-state index contributed by atoms with van der Waals surface area (Å²) in [6, 6.07) is 1.90. The zero-order valence-electron chi connectivity index (χ0n) is 17.4. The van der Waals surface area contributed by atoms with Gasteiger partial charge in [0, 0.05) is 40.4 Å². The Hall–Kier alpha value is -2.21. The third-order valence-electron chi connectivity index (χ3n) is 6.01. The van der Waals surface area contributed by atoms with Crippen LogP contribution < -0.4 is 10.6 Å². The summed E-state index contributed by atoms with van der Waals surface area (Å²) in [6.07, 6.45) is 9.60. The van der Waals surface area contributed by atoms with Crippen LogP contribution in [0.1, 0.15) is 58.8 Å². The lowest BCUT2D eigenvalue weighted by molar-refractivity contribution is 0.0642. The SMILES string of the molecule is CC(C)(C)c1cc(NC2=CC3(F)CC3C=C2)ncc1C(=O)NCC1CCOCC1.[HH].[HH]. The van der Waals surface area contributed by atoms with Gasteiger partial charge in [0.1, 0.15) is 11.5 Å². The van der Waals surface area contributed by atoms with E-state index in [1.54, 1.807) is 12.3 Å². The predicted molar refractivity (Wildman–Crippen MR) is 116 cm³/mol. The van der Waals surface area contributed by atoms with Gasteiger partial charge in [-0.05, 0) is 54.4 Å². The number of anilines is 1. The number of halogens is 1. The molecule has 1 saturated heterocycles. The third-order valence-corrected chi connectivity index (χ3v) is 6.01. The number of allylic oxidation sites excluding steroid dienone is 3. The second kappa shape index (κ2) is 7.56. The summed E-state index contributed by atoms with van der Waals surface area (Å²) in [7, 11) is 0. The molecule has 2 aliphatic carbocycles. The molecule has 1 saturated carbocycles. The zero-order valence-corrected chi connectivity index (χ0v) is 17.4. The molecule has 2 atom stereocenters. The first-order chi connectivity index (χ1) is 13.7. The standard InChI is InChI=1S/C23H30FN3O2.2H2/c1-22(2,3)19-10-20(27-17-5-4-16-11-23(16,24)12-17)25-14-18(19)21(28)26-13-15-6-8-29-9-7-15;;/h4-5,10,12,14-16H,6-9,11,13H2,1-3H3,(H,25,27)(H,26,28);2*1H. The topological polar surface area (TPSA) is 63.2 Å². The number of nitrogens with zero attached hydrogens (tertiary/aromatic N) is 1. The summed E-state index contributed by atoms with van der Waals surface area (Å²) in [6.45, 7) is 8.41. The van der Waals surface area contributed by atoms with Crippen molar-refractivity contribution in [3.8, 4) is 0 Å². The highest BCUT2D eigenvalue weighted by Crippen LogP contribution is 2.52. The predicted octanol–water partition coefficient (Wildman–Crippen LogP) is 4.62. The number of hydrogen-bond donors (Lipinski definition) is 2. The number of pyridine rings is 1. The van der Waals surface area contributed by atoms with E-state index in [0.29, 0.717) is 36.0 Å². The summed E-state index contributed by atoms with van der Waals surface area (Å²) in [5, 5.41) is 6.27. The van der Waals surface area contributed by atoms with Crippen molar-refractivity contribution in [3.05, 3.63) is 47.3 Å². The maximum atomic E-state index is 14.3. The second-order valence-corrected chi connectivity index (χ2v) is 9.45.